The monoisotopic (exact) mass is 353 g/mol. The number of carbonyl (C=O) groups is 2. The Bertz CT molecular complexity index is 353. The average Bonchev–Trinajstić information content (AvgIpc) is 2.77. The first-order chi connectivity index (χ1) is 7.63. The molecule has 0 aromatic carbocycles. The van der Waals surface area contributed by atoms with Crippen molar-refractivity contribution in [1.82, 2.24) is 5.32 Å². The predicted octanol–water partition coefficient (Wildman–Crippen LogP) is 1.38. The zero-order valence-electron chi connectivity index (χ0n) is 8.73. The van der Waals surface area contributed by atoms with Crippen molar-refractivity contribution in [3.05, 3.63) is 22.4 Å². The van der Waals surface area contributed by atoms with E-state index in [9.17, 15) is 9.59 Å². The summed E-state index contributed by atoms with van der Waals surface area (Å²) >= 11 is 3.50. The van der Waals surface area contributed by atoms with Crippen LogP contribution in [0.5, 0.6) is 0 Å². The highest BCUT2D eigenvalue weighted by molar-refractivity contribution is 14.1. The molecule has 0 aliphatic heterocycles. The van der Waals surface area contributed by atoms with Gasteiger partial charge in [0.1, 0.15) is 3.92 Å². The van der Waals surface area contributed by atoms with Crippen molar-refractivity contribution in [2.75, 3.05) is 13.7 Å². The summed E-state index contributed by atoms with van der Waals surface area (Å²) in [6, 6.07) is 1.91. The zero-order valence-corrected chi connectivity index (χ0v) is 11.7. The van der Waals surface area contributed by atoms with Crippen LogP contribution in [0.1, 0.15) is 5.56 Å². The van der Waals surface area contributed by atoms with Gasteiger partial charge in [0, 0.05) is 6.54 Å². The number of nitrogens with one attached hydrogen (secondary N) is 1. The van der Waals surface area contributed by atoms with Crippen LogP contribution in [0.3, 0.4) is 0 Å². The van der Waals surface area contributed by atoms with Gasteiger partial charge in [-0.15, -0.1) is 0 Å². The average molecular weight is 353 g/mol. The minimum absolute atomic E-state index is 0.0797. The Balaban J connectivity index is 2.28. The number of carbonyl (C=O) groups excluding carboxylic acids is 2. The van der Waals surface area contributed by atoms with Crippen molar-refractivity contribution in [2.24, 2.45) is 0 Å². The molecule has 1 rings (SSSR count). The molecule has 0 radical (unpaired) electrons. The molecule has 0 aliphatic carbocycles. The zero-order chi connectivity index (χ0) is 12.0. The van der Waals surface area contributed by atoms with Gasteiger partial charge in [0.15, 0.2) is 0 Å². The lowest BCUT2D eigenvalue weighted by Gasteiger charge is -2.08. The first-order valence-corrected chi connectivity index (χ1v) is 6.82. The molecule has 0 fully saturated rings. The molecule has 0 aliphatic rings. The Hall–Kier alpha value is -0.630. The van der Waals surface area contributed by atoms with Gasteiger partial charge in [-0.25, -0.2) is 0 Å². The van der Waals surface area contributed by atoms with E-state index in [1.807, 2.05) is 39.4 Å². The molecule has 88 valence electrons. The number of ether oxygens (including phenoxy) is 1. The molecule has 1 amide bonds. The molecule has 16 heavy (non-hydrogen) atoms. The van der Waals surface area contributed by atoms with Crippen molar-refractivity contribution in [1.29, 1.82) is 0 Å². The van der Waals surface area contributed by atoms with E-state index in [0.29, 0.717) is 13.0 Å². The molecule has 1 aromatic rings. The van der Waals surface area contributed by atoms with Gasteiger partial charge >= 0.3 is 5.97 Å². The third kappa shape index (κ3) is 4.48. The maximum atomic E-state index is 11.5. The number of hydrogen-bond donors (Lipinski definition) is 1. The number of hydrogen-bond acceptors (Lipinski definition) is 4. The molecule has 0 saturated carbocycles. The fourth-order valence-corrected chi connectivity index (χ4v) is 2.20. The fourth-order valence-electron chi connectivity index (χ4n) is 1.06. The molecule has 0 saturated heterocycles. The molecule has 0 bridgehead atoms. The summed E-state index contributed by atoms with van der Waals surface area (Å²) in [5.41, 5.74) is 0.991. The number of rotatable bonds is 5. The maximum Gasteiger partial charge on any atom is 0.320 e. The van der Waals surface area contributed by atoms with E-state index in [1.165, 1.54) is 7.11 Å². The van der Waals surface area contributed by atoms with Crippen molar-refractivity contribution < 1.29 is 14.3 Å². The molecule has 1 heterocycles. The number of amides is 1. The lowest BCUT2D eigenvalue weighted by molar-refractivity contribution is -0.139. The van der Waals surface area contributed by atoms with Gasteiger partial charge in [0.2, 0.25) is 5.91 Å². The van der Waals surface area contributed by atoms with E-state index in [2.05, 4.69) is 10.1 Å². The normalized spacial score (nSPS) is 11.9. The molecule has 0 spiro atoms. The molecular weight excluding hydrogens is 341 g/mol. The van der Waals surface area contributed by atoms with Gasteiger partial charge in [-0.1, -0.05) is 22.6 Å². The van der Waals surface area contributed by atoms with Crippen LogP contribution in [0.2, 0.25) is 0 Å². The number of methoxy groups -OCH3 is 1. The Kier molecular flexibility index (Phi) is 5.75. The Labute approximate surface area is 112 Å². The van der Waals surface area contributed by atoms with Crippen LogP contribution in [-0.4, -0.2) is 29.5 Å². The van der Waals surface area contributed by atoms with Gasteiger partial charge in [-0.2, -0.15) is 11.3 Å². The van der Waals surface area contributed by atoms with Gasteiger partial charge in [0.05, 0.1) is 13.5 Å². The van der Waals surface area contributed by atoms with E-state index >= 15 is 0 Å². The van der Waals surface area contributed by atoms with Crippen molar-refractivity contribution in [3.8, 4) is 0 Å². The number of esters is 1. The summed E-state index contributed by atoms with van der Waals surface area (Å²) in [5.74, 6) is -0.402. The largest absolute Gasteiger partial charge is 0.468 e. The highest BCUT2D eigenvalue weighted by atomic mass is 127. The van der Waals surface area contributed by atoms with Crippen molar-refractivity contribution in [2.45, 2.75) is 10.3 Å². The number of halogens is 1. The van der Waals surface area contributed by atoms with E-state index in [1.54, 1.807) is 11.3 Å². The molecule has 1 aromatic heterocycles. The van der Waals surface area contributed by atoms with E-state index in [0.717, 1.165) is 5.56 Å². The molecule has 1 atom stereocenters. The summed E-state index contributed by atoms with van der Waals surface area (Å²) in [5, 5.41) is 6.55. The molecule has 4 nitrogen and oxygen atoms in total. The topological polar surface area (TPSA) is 55.4 Å². The van der Waals surface area contributed by atoms with Gasteiger partial charge in [-0.3, -0.25) is 9.59 Å². The first kappa shape index (κ1) is 13.4. The van der Waals surface area contributed by atoms with Crippen LogP contribution < -0.4 is 5.32 Å². The van der Waals surface area contributed by atoms with Crippen LogP contribution >= 0.6 is 33.9 Å². The third-order valence-electron chi connectivity index (χ3n) is 1.88. The van der Waals surface area contributed by atoms with Crippen LogP contribution in [0, 0.1) is 0 Å². The summed E-state index contributed by atoms with van der Waals surface area (Å²) in [6.45, 7) is 0.302. The quantitative estimate of drug-likeness (QED) is 0.495. The fraction of sp³-hybridized carbons (Fsp3) is 0.400. The Morgan fingerprint density at radius 2 is 2.38 bits per heavy atom. The van der Waals surface area contributed by atoms with Crippen LogP contribution in [-0.2, 0) is 20.7 Å². The summed E-state index contributed by atoms with van der Waals surface area (Å²) in [6.07, 6.45) is 0.355. The standard InChI is InChI=1S/C10H12INO3S/c1-15-10(14)8(11)5-12-9(13)4-7-2-3-16-6-7/h2-3,6,8H,4-5H2,1H3,(H,12,13). The smallest absolute Gasteiger partial charge is 0.320 e. The van der Waals surface area contributed by atoms with Crippen LogP contribution in [0.4, 0.5) is 0 Å². The van der Waals surface area contributed by atoms with Gasteiger partial charge in [-0.05, 0) is 22.4 Å². The second-order valence-electron chi connectivity index (χ2n) is 3.10. The lowest BCUT2D eigenvalue weighted by atomic mass is 10.2. The van der Waals surface area contributed by atoms with E-state index in [4.69, 9.17) is 0 Å². The molecule has 6 heteroatoms. The van der Waals surface area contributed by atoms with Crippen LogP contribution in [0.25, 0.3) is 0 Å². The minimum Gasteiger partial charge on any atom is -0.468 e. The lowest BCUT2D eigenvalue weighted by Crippen LogP contribution is -2.34. The van der Waals surface area contributed by atoms with Gasteiger partial charge in [0.25, 0.3) is 0 Å². The number of alkyl halides is 1. The van der Waals surface area contributed by atoms with Crippen molar-refractivity contribution in [3.63, 3.8) is 0 Å². The summed E-state index contributed by atoms with van der Waals surface area (Å²) in [7, 11) is 1.33. The Morgan fingerprint density at radius 3 is 2.94 bits per heavy atom. The van der Waals surface area contributed by atoms with E-state index in [-0.39, 0.29) is 15.8 Å². The minimum atomic E-state index is -0.339. The molecular formula is C10H12INO3S. The maximum absolute atomic E-state index is 11.5. The highest BCUT2D eigenvalue weighted by Crippen LogP contribution is 2.06. The van der Waals surface area contributed by atoms with Crippen molar-refractivity contribution >= 4 is 45.8 Å². The summed E-state index contributed by atoms with van der Waals surface area (Å²) in [4.78, 5) is 22.5. The number of thiophene rings is 1. The second kappa shape index (κ2) is 6.85. The second-order valence-corrected chi connectivity index (χ2v) is 5.39. The van der Waals surface area contributed by atoms with E-state index < -0.39 is 0 Å². The summed E-state index contributed by atoms with van der Waals surface area (Å²) < 4.78 is 4.22. The third-order valence-corrected chi connectivity index (χ3v) is 3.56. The first-order valence-electron chi connectivity index (χ1n) is 4.63. The van der Waals surface area contributed by atoms with Gasteiger partial charge < -0.3 is 10.1 Å². The highest BCUT2D eigenvalue weighted by Gasteiger charge is 2.15. The molecule has 1 unspecified atom stereocenters. The SMILES string of the molecule is COC(=O)C(I)CNC(=O)Cc1ccsc1. The Morgan fingerprint density at radius 1 is 1.62 bits per heavy atom. The molecule has 1 N–H and O–H groups in total. The predicted molar refractivity (Wildman–Crippen MR) is 70.9 cm³/mol. The van der Waals surface area contributed by atoms with Crippen LogP contribution in [0.15, 0.2) is 16.8 Å².